The molecular weight excluding hydrogens is 227 g/mol. The minimum atomic E-state index is -0.173. The van der Waals surface area contributed by atoms with Gasteiger partial charge in [0.1, 0.15) is 6.04 Å². The Kier molecular flexibility index (Phi) is 9.72. The lowest BCUT2D eigenvalue weighted by Crippen LogP contribution is -2.50. The fourth-order valence-corrected chi connectivity index (χ4v) is 1.53. The topological polar surface area (TPSA) is 64.3 Å². The molecule has 1 aliphatic rings. The number of nitrogens with two attached hydrogens (primary N) is 1. The molecule has 0 unspecified atom stereocenters. The Morgan fingerprint density at radius 2 is 2.14 bits per heavy atom. The van der Waals surface area contributed by atoms with Crippen LogP contribution in [0.1, 0.15) is 19.3 Å². The van der Waals surface area contributed by atoms with Crippen LogP contribution in [0.3, 0.4) is 0 Å². The standard InChI is InChI=1S/C8H16N2O2.2ClH/c1-12-8(11)7-4-2-3-6(5-9)10-7;;/h6-7,10H,2-5,9H2,1H3;2*1H/t6-,7+;;/m0../s1. The molecule has 1 aliphatic heterocycles. The number of carbonyl (C=O) groups excluding carboxylic acids is 1. The first kappa shape index (κ1) is 16.4. The summed E-state index contributed by atoms with van der Waals surface area (Å²) < 4.78 is 4.64. The number of hydrogen-bond acceptors (Lipinski definition) is 4. The summed E-state index contributed by atoms with van der Waals surface area (Å²) in [7, 11) is 1.41. The van der Waals surface area contributed by atoms with Crippen molar-refractivity contribution < 1.29 is 9.53 Å². The quantitative estimate of drug-likeness (QED) is 0.694. The Hall–Kier alpha value is -0.0300. The molecule has 6 heteroatoms. The average Bonchev–Trinajstić information content (AvgIpc) is 2.17. The van der Waals surface area contributed by atoms with Crippen molar-refractivity contribution in [3.63, 3.8) is 0 Å². The van der Waals surface area contributed by atoms with E-state index in [2.05, 4.69) is 10.1 Å². The molecule has 2 atom stereocenters. The summed E-state index contributed by atoms with van der Waals surface area (Å²) in [5.74, 6) is -0.173. The molecule has 0 bridgehead atoms. The second-order valence-electron chi connectivity index (χ2n) is 3.11. The lowest BCUT2D eigenvalue weighted by molar-refractivity contribution is -0.144. The third-order valence-corrected chi connectivity index (χ3v) is 2.25. The predicted octanol–water partition coefficient (Wildman–Crippen LogP) is 0.472. The molecule has 0 amide bonds. The van der Waals surface area contributed by atoms with Gasteiger partial charge >= 0.3 is 5.97 Å². The van der Waals surface area contributed by atoms with Crippen LogP contribution < -0.4 is 11.1 Å². The monoisotopic (exact) mass is 244 g/mol. The first-order valence-electron chi connectivity index (χ1n) is 4.32. The molecule has 14 heavy (non-hydrogen) atoms. The third-order valence-electron chi connectivity index (χ3n) is 2.25. The number of carbonyl (C=O) groups is 1. The van der Waals surface area contributed by atoms with Crippen LogP contribution in [0.25, 0.3) is 0 Å². The SMILES string of the molecule is COC(=O)[C@H]1CCC[C@@H](CN)N1.Cl.Cl. The number of halogens is 2. The van der Waals surface area contributed by atoms with Crippen LogP contribution in [0.2, 0.25) is 0 Å². The van der Waals surface area contributed by atoms with Crippen LogP contribution in [0.4, 0.5) is 0 Å². The molecule has 0 aliphatic carbocycles. The molecule has 0 aromatic rings. The Labute approximate surface area is 96.8 Å². The Balaban J connectivity index is 0. The first-order chi connectivity index (χ1) is 5.77. The van der Waals surface area contributed by atoms with Crippen molar-refractivity contribution in [1.82, 2.24) is 5.32 Å². The highest BCUT2D eigenvalue weighted by atomic mass is 35.5. The van der Waals surface area contributed by atoms with Gasteiger partial charge in [0.15, 0.2) is 0 Å². The van der Waals surface area contributed by atoms with Crippen LogP contribution in [0.5, 0.6) is 0 Å². The van der Waals surface area contributed by atoms with Crippen molar-refractivity contribution in [1.29, 1.82) is 0 Å². The molecule has 1 heterocycles. The van der Waals surface area contributed by atoms with E-state index in [0.29, 0.717) is 6.54 Å². The predicted molar refractivity (Wildman–Crippen MR) is 60.1 cm³/mol. The summed E-state index contributed by atoms with van der Waals surface area (Å²) >= 11 is 0. The van der Waals surface area contributed by atoms with Crippen LogP contribution in [0.15, 0.2) is 0 Å². The average molecular weight is 245 g/mol. The van der Waals surface area contributed by atoms with E-state index in [1.165, 1.54) is 7.11 Å². The largest absolute Gasteiger partial charge is 0.468 e. The number of methoxy groups -OCH3 is 1. The molecule has 0 saturated carbocycles. The maximum absolute atomic E-state index is 11.1. The van der Waals surface area contributed by atoms with Gasteiger partial charge < -0.3 is 15.8 Å². The van der Waals surface area contributed by atoms with E-state index >= 15 is 0 Å². The van der Waals surface area contributed by atoms with Crippen LogP contribution in [0, 0.1) is 0 Å². The number of ether oxygens (including phenoxy) is 1. The van der Waals surface area contributed by atoms with Gasteiger partial charge in [0.2, 0.25) is 0 Å². The maximum Gasteiger partial charge on any atom is 0.322 e. The van der Waals surface area contributed by atoms with E-state index < -0.39 is 0 Å². The van der Waals surface area contributed by atoms with E-state index in [1.54, 1.807) is 0 Å². The van der Waals surface area contributed by atoms with Crippen molar-refractivity contribution >= 4 is 30.8 Å². The Morgan fingerprint density at radius 3 is 2.64 bits per heavy atom. The Bertz CT molecular complexity index is 169. The van der Waals surface area contributed by atoms with Crippen molar-refractivity contribution in [2.24, 2.45) is 5.73 Å². The highest BCUT2D eigenvalue weighted by Gasteiger charge is 2.25. The molecular formula is C8H18Cl2N2O2. The lowest BCUT2D eigenvalue weighted by Gasteiger charge is -2.28. The highest BCUT2D eigenvalue weighted by molar-refractivity contribution is 5.85. The van der Waals surface area contributed by atoms with Crippen molar-refractivity contribution in [3.8, 4) is 0 Å². The summed E-state index contributed by atoms with van der Waals surface area (Å²) in [5.41, 5.74) is 5.49. The van der Waals surface area contributed by atoms with Gasteiger partial charge in [-0.1, -0.05) is 0 Å². The zero-order valence-electron chi connectivity index (χ0n) is 8.19. The number of piperidine rings is 1. The van der Waals surface area contributed by atoms with Gasteiger partial charge in [-0.2, -0.15) is 0 Å². The zero-order valence-corrected chi connectivity index (χ0v) is 9.83. The molecule has 0 aromatic heterocycles. The van der Waals surface area contributed by atoms with Gasteiger partial charge in [-0.05, 0) is 19.3 Å². The van der Waals surface area contributed by atoms with Crippen molar-refractivity contribution in [3.05, 3.63) is 0 Å². The molecule has 3 N–H and O–H groups in total. The van der Waals surface area contributed by atoms with Crippen molar-refractivity contribution in [2.75, 3.05) is 13.7 Å². The van der Waals surface area contributed by atoms with Gasteiger partial charge in [0.25, 0.3) is 0 Å². The summed E-state index contributed by atoms with van der Waals surface area (Å²) in [5, 5.41) is 3.15. The summed E-state index contributed by atoms with van der Waals surface area (Å²) in [6.07, 6.45) is 2.97. The number of rotatable bonds is 2. The molecule has 1 saturated heterocycles. The van der Waals surface area contributed by atoms with E-state index in [-0.39, 0.29) is 42.9 Å². The normalized spacial score (nSPS) is 25.6. The lowest BCUT2D eigenvalue weighted by atomic mass is 9.99. The second-order valence-corrected chi connectivity index (χ2v) is 3.11. The van der Waals surface area contributed by atoms with E-state index in [0.717, 1.165) is 19.3 Å². The molecule has 0 radical (unpaired) electrons. The minimum Gasteiger partial charge on any atom is -0.468 e. The van der Waals surface area contributed by atoms with Gasteiger partial charge in [0, 0.05) is 12.6 Å². The second kappa shape index (κ2) is 8.29. The number of esters is 1. The zero-order chi connectivity index (χ0) is 8.97. The first-order valence-corrected chi connectivity index (χ1v) is 4.32. The third kappa shape index (κ3) is 4.46. The summed E-state index contributed by atoms with van der Waals surface area (Å²) in [4.78, 5) is 11.1. The smallest absolute Gasteiger partial charge is 0.322 e. The molecule has 4 nitrogen and oxygen atoms in total. The molecule has 0 spiro atoms. The highest BCUT2D eigenvalue weighted by Crippen LogP contribution is 2.12. The van der Waals surface area contributed by atoms with Crippen LogP contribution >= 0.6 is 24.8 Å². The molecule has 1 rings (SSSR count). The van der Waals surface area contributed by atoms with Gasteiger partial charge in [-0.3, -0.25) is 4.79 Å². The maximum atomic E-state index is 11.1. The molecule has 0 aromatic carbocycles. The molecule has 86 valence electrons. The van der Waals surface area contributed by atoms with Gasteiger partial charge in [0.05, 0.1) is 7.11 Å². The summed E-state index contributed by atoms with van der Waals surface area (Å²) in [6, 6.07) is 0.139. The summed E-state index contributed by atoms with van der Waals surface area (Å²) in [6.45, 7) is 0.591. The van der Waals surface area contributed by atoms with E-state index in [4.69, 9.17) is 5.73 Å². The van der Waals surface area contributed by atoms with Crippen LogP contribution in [-0.4, -0.2) is 31.7 Å². The van der Waals surface area contributed by atoms with Crippen molar-refractivity contribution in [2.45, 2.75) is 31.3 Å². The fourth-order valence-electron chi connectivity index (χ4n) is 1.53. The molecule has 1 fully saturated rings. The fraction of sp³-hybridized carbons (Fsp3) is 0.875. The minimum absolute atomic E-state index is 0. The van der Waals surface area contributed by atoms with Gasteiger partial charge in [-0.25, -0.2) is 0 Å². The number of hydrogen-bond donors (Lipinski definition) is 2. The van der Waals surface area contributed by atoms with E-state index in [9.17, 15) is 4.79 Å². The van der Waals surface area contributed by atoms with E-state index in [1.807, 2.05) is 0 Å². The van der Waals surface area contributed by atoms with Gasteiger partial charge in [-0.15, -0.1) is 24.8 Å². The number of nitrogens with one attached hydrogen (secondary N) is 1. The Morgan fingerprint density at radius 1 is 1.50 bits per heavy atom. The van der Waals surface area contributed by atoms with Crippen LogP contribution in [-0.2, 0) is 9.53 Å².